The Kier molecular flexibility index (Phi) is 9.07. The largest absolute Gasteiger partial charge is 0.493 e. The summed E-state index contributed by atoms with van der Waals surface area (Å²) < 4.78 is 18.6. The highest BCUT2D eigenvalue weighted by molar-refractivity contribution is 6.33. The van der Waals surface area contributed by atoms with Crippen molar-refractivity contribution >= 4 is 23.4 Å². The summed E-state index contributed by atoms with van der Waals surface area (Å²) in [6.07, 6.45) is 5.23. The Hall–Kier alpha value is -3.78. The topological polar surface area (TPSA) is 87.1 Å². The predicted octanol–water partition coefficient (Wildman–Crippen LogP) is 5.19. The molecule has 200 valence electrons. The van der Waals surface area contributed by atoms with Crippen molar-refractivity contribution in [1.29, 1.82) is 0 Å². The highest BCUT2D eigenvalue weighted by Crippen LogP contribution is 2.38. The molecule has 0 fully saturated rings. The number of methoxy groups -OCH3 is 1. The van der Waals surface area contributed by atoms with Crippen LogP contribution >= 0.6 is 11.6 Å². The van der Waals surface area contributed by atoms with Crippen molar-refractivity contribution in [3.05, 3.63) is 86.8 Å². The van der Waals surface area contributed by atoms with Gasteiger partial charge in [-0.05, 0) is 42.7 Å². The molecule has 0 radical (unpaired) electrons. The first-order valence-corrected chi connectivity index (χ1v) is 13.1. The molecule has 1 aliphatic heterocycles. The van der Waals surface area contributed by atoms with Crippen LogP contribution in [0.3, 0.4) is 0 Å². The number of carbonyl (C=O) groups excluding carboxylic acids is 2. The number of hydrogen-bond acceptors (Lipinski definition) is 6. The summed E-state index contributed by atoms with van der Waals surface area (Å²) in [5.74, 6) is 0.739. The molecule has 0 spiro atoms. The summed E-state index contributed by atoms with van der Waals surface area (Å²) in [4.78, 5) is 39.0. The van der Waals surface area contributed by atoms with E-state index < -0.39 is 0 Å². The Morgan fingerprint density at radius 1 is 0.868 bits per heavy atom. The SMILES string of the molecule is CCCCCOc1ccn(Cc2ccc(OC)c(OCCCN3C(=O)c4ccccc4C3=O)c2Cl)c(=O)c1. The first-order chi connectivity index (χ1) is 18.4. The number of rotatable bonds is 13. The molecular formula is C29H31ClN2O6. The quantitative estimate of drug-likeness (QED) is 0.220. The number of ether oxygens (including phenoxy) is 3. The molecule has 0 saturated heterocycles. The molecule has 8 nitrogen and oxygen atoms in total. The molecule has 0 bridgehead atoms. The van der Waals surface area contributed by atoms with E-state index in [9.17, 15) is 14.4 Å². The van der Waals surface area contributed by atoms with Crippen molar-refractivity contribution in [1.82, 2.24) is 9.47 Å². The number of nitrogens with zero attached hydrogens (tertiary/aromatic N) is 2. The Morgan fingerprint density at radius 3 is 2.24 bits per heavy atom. The van der Waals surface area contributed by atoms with Gasteiger partial charge in [0.05, 0.1) is 43.0 Å². The molecule has 2 heterocycles. The van der Waals surface area contributed by atoms with Gasteiger partial charge in [-0.15, -0.1) is 0 Å². The molecule has 0 aliphatic carbocycles. The summed E-state index contributed by atoms with van der Waals surface area (Å²) in [6.45, 7) is 3.36. The summed E-state index contributed by atoms with van der Waals surface area (Å²) >= 11 is 6.67. The number of carbonyl (C=O) groups is 2. The van der Waals surface area contributed by atoms with Gasteiger partial charge in [-0.25, -0.2) is 0 Å². The first kappa shape index (κ1) is 27.3. The maximum absolute atomic E-state index is 12.6. The van der Waals surface area contributed by atoms with Crippen LogP contribution in [0.15, 0.2) is 59.5 Å². The number of aromatic nitrogens is 1. The van der Waals surface area contributed by atoms with E-state index in [0.29, 0.717) is 52.0 Å². The van der Waals surface area contributed by atoms with Gasteiger partial charge in [0.1, 0.15) is 5.75 Å². The molecule has 3 aromatic rings. The zero-order chi connectivity index (χ0) is 27.1. The number of benzene rings is 2. The number of unbranched alkanes of at least 4 members (excludes halogenated alkanes) is 2. The molecule has 0 N–H and O–H groups in total. The molecule has 1 aliphatic rings. The lowest BCUT2D eigenvalue weighted by atomic mass is 10.1. The van der Waals surface area contributed by atoms with Crippen LogP contribution in [0.2, 0.25) is 5.02 Å². The predicted molar refractivity (Wildman–Crippen MR) is 145 cm³/mol. The van der Waals surface area contributed by atoms with Crippen molar-refractivity contribution < 1.29 is 23.8 Å². The summed E-state index contributed by atoms with van der Waals surface area (Å²) in [5.41, 5.74) is 1.32. The van der Waals surface area contributed by atoms with Crippen molar-refractivity contribution in [2.75, 3.05) is 26.9 Å². The lowest BCUT2D eigenvalue weighted by Gasteiger charge is -2.17. The van der Waals surface area contributed by atoms with Crippen LogP contribution in [-0.4, -0.2) is 48.1 Å². The van der Waals surface area contributed by atoms with E-state index in [4.69, 9.17) is 25.8 Å². The third-order valence-corrected chi connectivity index (χ3v) is 6.75. The van der Waals surface area contributed by atoms with E-state index in [0.717, 1.165) is 19.3 Å². The van der Waals surface area contributed by atoms with E-state index in [2.05, 4.69) is 6.92 Å². The number of fused-ring (bicyclic) bond motifs is 1. The number of halogens is 1. The molecule has 9 heteroatoms. The molecule has 2 amide bonds. The number of pyridine rings is 1. The molecular weight excluding hydrogens is 508 g/mol. The van der Waals surface area contributed by atoms with Crippen molar-refractivity contribution in [3.63, 3.8) is 0 Å². The van der Waals surface area contributed by atoms with E-state index in [1.54, 1.807) is 53.2 Å². The van der Waals surface area contributed by atoms with Crippen LogP contribution in [0.25, 0.3) is 0 Å². The molecule has 1 aromatic heterocycles. The fraction of sp³-hybridized carbons (Fsp3) is 0.345. The lowest BCUT2D eigenvalue weighted by molar-refractivity contribution is 0.0646. The maximum atomic E-state index is 12.6. The van der Waals surface area contributed by atoms with E-state index in [1.165, 1.54) is 18.1 Å². The lowest BCUT2D eigenvalue weighted by Crippen LogP contribution is -2.31. The van der Waals surface area contributed by atoms with Gasteiger partial charge in [-0.2, -0.15) is 0 Å². The van der Waals surface area contributed by atoms with Crippen LogP contribution in [0.4, 0.5) is 0 Å². The number of imide groups is 1. The van der Waals surface area contributed by atoms with Crippen molar-refractivity contribution in [2.24, 2.45) is 0 Å². The van der Waals surface area contributed by atoms with Crippen molar-refractivity contribution in [2.45, 2.75) is 39.2 Å². The maximum Gasteiger partial charge on any atom is 0.261 e. The second-order valence-electron chi connectivity index (χ2n) is 8.96. The van der Waals surface area contributed by atoms with E-state index in [1.807, 2.05) is 0 Å². The minimum Gasteiger partial charge on any atom is -0.493 e. The molecule has 38 heavy (non-hydrogen) atoms. The van der Waals surface area contributed by atoms with Gasteiger partial charge in [0.25, 0.3) is 17.4 Å². The summed E-state index contributed by atoms with van der Waals surface area (Å²) in [5, 5.41) is 0.330. The second-order valence-corrected chi connectivity index (χ2v) is 9.34. The van der Waals surface area contributed by atoms with Crippen LogP contribution in [0.5, 0.6) is 17.2 Å². The number of hydrogen-bond donors (Lipinski definition) is 0. The van der Waals surface area contributed by atoms with Crippen LogP contribution < -0.4 is 19.8 Å². The fourth-order valence-corrected chi connectivity index (χ4v) is 4.54. The van der Waals surface area contributed by atoms with Gasteiger partial charge < -0.3 is 18.8 Å². The third-order valence-electron chi connectivity index (χ3n) is 6.34. The van der Waals surface area contributed by atoms with E-state index >= 15 is 0 Å². The number of amides is 2. The normalized spacial score (nSPS) is 12.6. The highest BCUT2D eigenvalue weighted by Gasteiger charge is 2.34. The Morgan fingerprint density at radius 2 is 1.58 bits per heavy atom. The van der Waals surface area contributed by atoms with Crippen LogP contribution in [-0.2, 0) is 6.54 Å². The van der Waals surface area contributed by atoms with Gasteiger partial charge in [0.15, 0.2) is 11.5 Å². The monoisotopic (exact) mass is 538 g/mol. The fourth-order valence-electron chi connectivity index (χ4n) is 4.27. The minimum atomic E-state index is -0.300. The standard InChI is InChI=1S/C29H31ClN2O6/c1-3-4-7-16-37-21-13-15-31(25(33)18-21)19-20-11-12-24(36-2)27(26(20)30)38-17-8-14-32-28(34)22-9-5-6-10-23(22)29(32)35/h5-6,9-13,15,18H,3-4,7-8,14,16-17,19H2,1-2H3. The molecule has 0 saturated carbocycles. The minimum absolute atomic E-state index is 0.201. The van der Waals surface area contributed by atoms with Gasteiger partial charge >= 0.3 is 0 Å². The van der Waals surface area contributed by atoms with Gasteiger partial charge in [0, 0.05) is 18.8 Å². The van der Waals surface area contributed by atoms with Crippen LogP contribution in [0, 0.1) is 0 Å². The second kappa shape index (κ2) is 12.6. The Balaban J connectivity index is 1.38. The van der Waals surface area contributed by atoms with Gasteiger partial charge in [-0.3, -0.25) is 19.3 Å². The van der Waals surface area contributed by atoms with Gasteiger partial charge in [-0.1, -0.05) is 49.6 Å². The van der Waals surface area contributed by atoms with E-state index in [-0.39, 0.29) is 37.1 Å². The Labute approximate surface area is 226 Å². The van der Waals surface area contributed by atoms with Crippen LogP contribution in [0.1, 0.15) is 58.9 Å². The average Bonchev–Trinajstić information content (AvgIpc) is 3.17. The third kappa shape index (κ3) is 6.02. The summed E-state index contributed by atoms with van der Waals surface area (Å²) in [7, 11) is 1.51. The van der Waals surface area contributed by atoms with Gasteiger partial charge in [0.2, 0.25) is 0 Å². The molecule has 4 rings (SSSR count). The molecule has 2 aromatic carbocycles. The average molecular weight is 539 g/mol. The molecule has 0 atom stereocenters. The summed E-state index contributed by atoms with van der Waals surface area (Å²) in [6, 6.07) is 13.5. The van der Waals surface area contributed by atoms with Crippen molar-refractivity contribution in [3.8, 4) is 17.2 Å². The first-order valence-electron chi connectivity index (χ1n) is 12.7. The smallest absolute Gasteiger partial charge is 0.261 e. The molecule has 0 unspecified atom stereocenters. The Bertz CT molecular complexity index is 1330. The zero-order valence-corrected chi connectivity index (χ0v) is 22.3. The highest BCUT2D eigenvalue weighted by atomic mass is 35.5. The zero-order valence-electron chi connectivity index (χ0n) is 21.6.